The van der Waals surface area contributed by atoms with E-state index in [2.05, 4.69) is 31.8 Å². The van der Waals surface area contributed by atoms with Crippen LogP contribution in [0.4, 0.5) is 0 Å². The van der Waals surface area contributed by atoms with Crippen LogP contribution in [0.2, 0.25) is 0 Å². The van der Waals surface area contributed by atoms with Crippen molar-refractivity contribution in [2.45, 2.75) is 46.5 Å². The highest BCUT2D eigenvalue weighted by Crippen LogP contribution is 2.11. The normalized spacial score (nSPS) is 10.4. The third-order valence-electron chi connectivity index (χ3n) is 2.44. The minimum Gasteiger partial charge on any atom is -0.261 e. The third-order valence-corrected chi connectivity index (χ3v) is 2.44. The van der Waals surface area contributed by atoms with E-state index < -0.39 is 0 Å². The number of aryl methyl sites for hydroxylation is 3. The minimum atomic E-state index is 1.04. The number of nitrogens with zero attached hydrogens (tertiary/aromatic N) is 1. The highest BCUT2D eigenvalue weighted by molar-refractivity contribution is 5.25. The van der Waals surface area contributed by atoms with E-state index in [1.165, 1.54) is 36.1 Å². The van der Waals surface area contributed by atoms with Gasteiger partial charge in [-0.15, -0.1) is 0 Å². The van der Waals surface area contributed by atoms with Gasteiger partial charge in [0.2, 0.25) is 0 Å². The molecule has 0 saturated heterocycles. The fourth-order valence-electron chi connectivity index (χ4n) is 1.46. The van der Waals surface area contributed by atoms with E-state index in [-0.39, 0.29) is 0 Å². The van der Waals surface area contributed by atoms with Crippen LogP contribution in [0, 0.1) is 6.92 Å². The number of hydrogen-bond acceptors (Lipinski definition) is 1. The zero-order valence-corrected chi connectivity index (χ0v) is 8.93. The second-order valence-electron chi connectivity index (χ2n) is 3.56. The Hall–Kier alpha value is -0.850. The largest absolute Gasteiger partial charge is 0.261 e. The van der Waals surface area contributed by atoms with E-state index in [9.17, 15) is 0 Å². The summed E-state index contributed by atoms with van der Waals surface area (Å²) in [7, 11) is 0. The Kier molecular flexibility index (Phi) is 3.94. The van der Waals surface area contributed by atoms with Crippen LogP contribution in [0.15, 0.2) is 12.3 Å². The molecule has 1 aromatic rings. The first-order chi connectivity index (χ1) is 6.27. The zero-order chi connectivity index (χ0) is 9.68. The van der Waals surface area contributed by atoms with Crippen molar-refractivity contribution in [2.24, 2.45) is 0 Å². The first-order valence-corrected chi connectivity index (χ1v) is 5.22. The van der Waals surface area contributed by atoms with Crippen molar-refractivity contribution in [3.05, 3.63) is 29.1 Å². The van der Waals surface area contributed by atoms with E-state index in [1.807, 2.05) is 6.20 Å². The quantitative estimate of drug-likeness (QED) is 0.687. The van der Waals surface area contributed by atoms with Crippen molar-refractivity contribution in [3.8, 4) is 0 Å². The lowest BCUT2D eigenvalue weighted by atomic mass is 10.0. The molecule has 0 unspecified atom stereocenters. The smallest absolute Gasteiger partial charge is 0.0403 e. The summed E-state index contributed by atoms with van der Waals surface area (Å²) in [5.74, 6) is 0. The lowest BCUT2D eigenvalue weighted by Gasteiger charge is -2.05. The number of unbranched alkanes of at least 4 members (excludes halogenated alkanes) is 1. The molecule has 72 valence electrons. The molecule has 0 spiro atoms. The Morgan fingerprint density at radius 1 is 1.31 bits per heavy atom. The van der Waals surface area contributed by atoms with Gasteiger partial charge in [0.1, 0.15) is 0 Å². The van der Waals surface area contributed by atoms with Gasteiger partial charge in [0.15, 0.2) is 0 Å². The fraction of sp³-hybridized carbons (Fsp3) is 0.583. The molecular weight excluding hydrogens is 158 g/mol. The topological polar surface area (TPSA) is 12.9 Å². The Bertz CT molecular complexity index is 266. The number of rotatable bonds is 4. The van der Waals surface area contributed by atoms with Gasteiger partial charge in [-0.2, -0.15) is 0 Å². The molecule has 0 N–H and O–H groups in total. The first kappa shape index (κ1) is 10.2. The maximum Gasteiger partial charge on any atom is 0.0403 e. The summed E-state index contributed by atoms with van der Waals surface area (Å²) in [4.78, 5) is 4.41. The van der Waals surface area contributed by atoms with Crippen LogP contribution in [-0.2, 0) is 12.8 Å². The predicted molar refractivity (Wildman–Crippen MR) is 57.0 cm³/mol. The van der Waals surface area contributed by atoms with E-state index in [4.69, 9.17) is 0 Å². The molecule has 0 aliphatic carbocycles. The summed E-state index contributed by atoms with van der Waals surface area (Å²) in [5, 5.41) is 0. The molecule has 13 heavy (non-hydrogen) atoms. The fourth-order valence-corrected chi connectivity index (χ4v) is 1.46. The Labute approximate surface area is 81.2 Å². The average Bonchev–Trinajstić information content (AvgIpc) is 2.16. The summed E-state index contributed by atoms with van der Waals surface area (Å²) in [6, 6.07) is 2.21. The lowest BCUT2D eigenvalue weighted by molar-refractivity contribution is 0.785. The van der Waals surface area contributed by atoms with Gasteiger partial charge in [-0.05, 0) is 43.4 Å². The van der Waals surface area contributed by atoms with E-state index in [0.29, 0.717) is 0 Å². The van der Waals surface area contributed by atoms with Gasteiger partial charge in [0.25, 0.3) is 0 Å². The first-order valence-electron chi connectivity index (χ1n) is 5.22. The van der Waals surface area contributed by atoms with Crippen LogP contribution >= 0.6 is 0 Å². The van der Waals surface area contributed by atoms with Crippen LogP contribution in [0.3, 0.4) is 0 Å². The standard InChI is InChI=1S/C12H19N/c1-4-6-7-11-9-13-12(5-2)8-10(11)3/h8-9H,4-7H2,1-3H3. The van der Waals surface area contributed by atoms with Gasteiger partial charge in [-0.25, -0.2) is 0 Å². The van der Waals surface area contributed by atoms with Crippen molar-refractivity contribution in [1.82, 2.24) is 4.98 Å². The molecule has 0 aliphatic rings. The summed E-state index contributed by atoms with van der Waals surface area (Å²) in [6.07, 6.45) is 6.79. The van der Waals surface area contributed by atoms with Crippen LogP contribution in [-0.4, -0.2) is 4.98 Å². The van der Waals surface area contributed by atoms with Gasteiger partial charge < -0.3 is 0 Å². The lowest BCUT2D eigenvalue weighted by Crippen LogP contribution is -1.95. The molecule has 0 aromatic carbocycles. The predicted octanol–water partition coefficient (Wildman–Crippen LogP) is 3.30. The molecule has 1 nitrogen and oxygen atoms in total. The molecular formula is C12H19N. The minimum absolute atomic E-state index is 1.04. The molecule has 1 aromatic heterocycles. The highest BCUT2D eigenvalue weighted by atomic mass is 14.7. The Balaban J connectivity index is 2.73. The number of hydrogen-bond donors (Lipinski definition) is 0. The average molecular weight is 177 g/mol. The molecule has 0 atom stereocenters. The van der Waals surface area contributed by atoms with E-state index in [0.717, 1.165) is 6.42 Å². The summed E-state index contributed by atoms with van der Waals surface area (Å²) < 4.78 is 0. The van der Waals surface area contributed by atoms with Crippen molar-refractivity contribution < 1.29 is 0 Å². The summed E-state index contributed by atoms with van der Waals surface area (Å²) in [6.45, 7) is 6.56. The molecule has 1 heterocycles. The molecule has 0 bridgehead atoms. The van der Waals surface area contributed by atoms with Crippen molar-refractivity contribution >= 4 is 0 Å². The van der Waals surface area contributed by atoms with Crippen molar-refractivity contribution in [3.63, 3.8) is 0 Å². The highest BCUT2D eigenvalue weighted by Gasteiger charge is 1.99. The zero-order valence-electron chi connectivity index (χ0n) is 8.93. The maximum absolute atomic E-state index is 4.41. The van der Waals surface area contributed by atoms with Crippen LogP contribution in [0.1, 0.15) is 43.5 Å². The molecule has 0 aliphatic heterocycles. The van der Waals surface area contributed by atoms with E-state index >= 15 is 0 Å². The Morgan fingerprint density at radius 3 is 2.62 bits per heavy atom. The van der Waals surface area contributed by atoms with Gasteiger partial charge >= 0.3 is 0 Å². The molecule has 1 rings (SSSR count). The second kappa shape index (κ2) is 5.00. The van der Waals surface area contributed by atoms with Gasteiger partial charge in [-0.1, -0.05) is 20.3 Å². The molecule has 0 radical (unpaired) electrons. The van der Waals surface area contributed by atoms with Gasteiger partial charge in [0.05, 0.1) is 0 Å². The van der Waals surface area contributed by atoms with E-state index in [1.54, 1.807) is 0 Å². The molecule has 0 amide bonds. The van der Waals surface area contributed by atoms with Crippen LogP contribution < -0.4 is 0 Å². The molecule has 0 saturated carbocycles. The van der Waals surface area contributed by atoms with Crippen molar-refractivity contribution in [2.75, 3.05) is 0 Å². The monoisotopic (exact) mass is 177 g/mol. The number of aromatic nitrogens is 1. The maximum atomic E-state index is 4.41. The summed E-state index contributed by atoms with van der Waals surface area (Å²) >= 11 is 0. The molecule has 1 heteroatoms. The summed E-state index contributed by atoms with van der Waals surface area (Å²) in [5.41, 5.74) is 4.03. The van der Waals surface area contributed by atoms with Crippen LogP contribution in [0.5, 0.6) is 0 Å². The molecule has 0 fully saturated rings. The SMILES string of the molecule is CCCCc1cnc(CC)cc1C. The Morgan fingerprint density at radius 2 is 2.08 bits per heavy atom. The van der Waals surface area contributed by atoms with Crippen LogP contribution in [0.25, 0.3) is 0 Å². The van der Waals surface area contributed by atoms with Gasteiger partial charge in [0, 0.05) is 11.9 Å². The second-order valence-corrected chi connectivity index (χ2v) is 3.56. The third kappa shape index (κ3) is 2.83. The van der Waals surface area contributed by atoms with Gasteiger partial charge in [-0.3, -0.25) is 4.98 Å². The van der Waals surface area contributed by atoms with Crippen molar-refractivity contribution in [1.29, 1.82) is 0 Å². The number of pyridine rings is 1.